The number of rotatable bonds is 8. The van der Waals surface area contributed by atoms with E-state index in [-0.39, 0.29) is 5.97 Å². The lowest BCUT2D eigenvalue weighted by atomic mass is 10.1. The molecule has 0 amide bonds. The molecule has 0 bridgehead atoms. The lowest BCUT2D eigenvalue weighted by molar-refractivity contribution is 0.0532. The van der Waals surface area contributed by atoms with E-state index in [1.165, 1.54) is 37.0 Å². The molecule has 0 atom stereocenters. The second-order valence-corrected chi connectivity index (χ2v) is 5.12. The van der Waals surface area contributed by atoms with Gasteiger partial charge in [-0.1, -0.05) is 32.6 Å². The Kier molecular flexibility index (Phi) is 6.86. The molecule has 17 heavy (non-hydrogen) atoms. The number of aromatic nitrogens is 1. The molecule has 0 aliphatic rings. The van der Waals surface area contributed by atoms with Crippen LogP contribution in [0.5, 0.6) is 0 Å². The van der Waals surface area contributed by atoms with E-state index in [1.807, 2.05) is 6.92 Å². The van der Waals surface area contributed by atoms with E-state index >= 15 is 0 Å². The van der Waals surface area contributed by atoms with E-state index in [0.717, 1.165) is 17.8 Å². The molecule has 0 spiro atoms. The Labute approximate surface area is 107 Å². The van der Waals surface area contributed by atoms with Gasteiger partial charge in [0.05, 0.1) is 17.8 Å². The van der Waals surface area contributed by atoms with Crippen LogP contribution in [0.3, 0.4) is 0 Å². The van der Waals surface area contributed by atoms with Crippen molar-refractivity contribution in [3.63, 3.8) is 0 Å². The fraction of sp³-hybridized carbons (Fsp3) is 0.692. The monoisotopic (exact) mass is 255 g/mol. The van der Waals surface area contributed by atoms with E-state index in [9.17, 15) is 4.79 Å². The Morgan fingerprint density at radius 2 is 2.06 bits per heavy atom. The highest BCUT2D eigenvalue weighted by atomic mass is 32.1. The molecule has 1 aromatic rings. The summed E-state index contributed by atoms with van der Waals surface area (Å²) in [5.41, 5.74) is 0. The Hall–Kier alpha value is -0.900. The van der Waals surface area contributed by atoms with Gasteiger partial charge in [0, 0.05) is 0 Å². The van der Waals surface area contributed by atoms with Crippen LogP contribution in [0.2, 0.25) is 0 Å². The lowest BCUT2D eigenvalue weighted by Gasteiger charge is -1.97. The van der Waals surface area contributed by atoms with Crippen LogP contribution in [0, 0.1) is 0 Å². The molecule has 1 aromatic heterocycles. The molecule has 0 fully saturated rings. The normalized spacial score (nSPS) is 10.5. The van der Waals surface area contributed by atoms with Gasteiger partial charge in [0.1, 0.15) is 4.88 Å². The summed E-state index contributed by atoms with van der Waals surface area (Å²) in [5, 5.41) is 1.05. The summed E-state index contributed by atoms with van der Waals surface area (Å²) in [6.45, 7) is 4.45. The number of esters is 1. The van der Waals surface area contributed by atoms with Crippen LogP contribution in [-0.4, -0.2) is 17.6 Å². The van der Waals surface area contributed by atoms with Gasteiger partial charge in [-0.3, -0.25) is 0 Å². The molecule has 0 unspecified atom stereocenters. The third kappa shape index (κ3) is 5.31. The summed E-state index contributed by atoms with van der Waals surface area (Å²) < 4.78 is 4.93. The minimum atomic E-state index is -0.248. The largest absolute Gasteiger partial charge is 0.462 e. The van der Waals surface area contributed by atoms with Gasteiger partial charge in [-0.05, 0) is 19.8 Å². The standard InChI is InChI=1S/C13H21NO2S/c1-3-5-6-7-8-9-12-14-10-11(17-12)13(15)16-4-2/h10H,3-9H2,1-2H3. The van der Waals surface area contributed by atoms with Crippen molar-refractivity contribution < 1.29 is 9.53 Å². The number of unbranched alkanes of at least 4 members (excludes halogenated alkanes) is 4. The second-order valence-electron chi connectivity index (χ2n) is 4.00. The topological polar surface area (TPSA) is 39.2 Å². The molecule has 96 valence electrons. The molecule has 1 heterocycles. The highest BCUT2D eigenvalue weighted by Gasteiger charge is 2.10. The first-order chi connectivity index (χ1) is 8.27. The predicted octanol–water partition coefficient (Wildman–Crippen LogP) is 3.83. The quantitative estimate of drug-likeness (QED) is 0.523. The van der Waals surface area contributed by atoms with Crippen LogP contribution in [0.15, 0.2) is 6.20 Å². The number of thiazole rings is 1. The number of hydrogen-bond donors (Lipinski definition) is 0. The summed E-state index contributed by atoms with van der Waals surface area (Å²) in [6.07, 6.45) is 8.90. The molecule has 0 aromatic carbocycles. The van der Waals surface area contributed by atoms with E-state index in [2.05, 4.69) is 11.9 Å². The first-order valence-corrected chi connectivity index (χ1v) is 7.21. The Balaban J connectivity index is 2.28. The van der Waals surface area contributed by atoms with Crippen LogP contribution in [0.4, 0.5) is 0 Å². The van der Waals surface area contributed by atoms with Crippen molar-refractivity contribution in [3.8, 4) is 0 Å². The highest BCUT2D eigenvalue weighted by Crippen LogP contribution is 2.17. The predicted molar refractivity (Wildman–Crippen MR) is 70.5 cm³/mol. The van der Waals surface area contributed by atoms with E-state index < -0.39 is 0 Å². The van der Waals surface area contributed by atoms with Gasteiger partial charge in [-0.2, -0.15) is 0 Å². The van der Waals surface area contributed by atoms with Gasteiger partial charge in [-0.25, -0.2) is 9.78 Å². The summed E-state index contributed by atoms with van der Waals surface area (Å²) in [6, 6.07) is 0. The third-order valence-electron chi connectivity index (χ3n) is 2.52. The molecule has 0 saturated heterocycles. The van der Waals surface area contributed by atoms with Crippen molar-refractivity contribution in [2.24, 2.45) is 0 Å². The number of nitrogens with zero attached hydrogens (tertiary/aromatic N) is 1. The number of ether oxygens (including phenoxy) is 1. The summed E-state index contributed by atoms with van der Waals surface area (Å²) >= 11 is 1.46. The van der Waals surface area contributed by atoms with Crippen molar-refractivity contribution in [2.75, 3.05) is 6.61 Å². The zero-order valence-electron chi connectivity index (χ0n) is 10.7. The molecule has 0 saturated carbocycles. The summed E-state index contributed by atoms with van der Waals surface area (Å²) in [5.74, 6) is -0.248. The summed E-state index contributed by atoms with van der Waals surface area (Å²) in [7, 11) is 0. The molecule has 0 radical (unpaired) electrons. The molecule has 4 heteroatoms. The minimum absolute atomic E-state index is 0.248. The van der Waals surface area contributed by atoms with E-state index in [0.29, 0.717) is 11.5 Å². The van der Waals surface area contributed by atoms with Gasteiger partial charge in [0.15, 0.2) is 0 Å². The van der Waals surface area contributed by atoms with Crippen LogP contribution < -0.4 is 0 Å². The average molecular weight is 255 g/mol. The summed E-state index contributed by atoms with van der Waals surface area (Å²) in [4.78, 5) is 16.3. The fourth-order valence-electron chi connectivity index (χ4n) is 1.60. The molecule has 0 aliphatic carbocycles. The van der Waals surface area contributed by atoms with E-state index in [4.69, 9.17) is 4.74 Å². The van der Waals surface area contributed by atoms with Crippen molar-refractivity contribution in [3.05, 3.63) is 16.1 Å². The number of hydrogen-bond acceptors (Lipinski definition) is 4. The van der Waals surface area contributed by atoms with Gasteiger partial charge in [-0.15, -0.1) is 11.3 Å². The Morgan fingerprint density at radius 1 is 1.29 bits per heavy atom. The van der Waals surface area contributed by atoms with Crippen molar-refractivity contribution in [1.29, 1.82) is 0 Å². The third-order valence-corrected chi connectivity index (χ3v) is 3.56. The Morgan fingerprint density at radius 3 is 2.76 bits per heavy atom. The number of aryl methyl sites for hydroxylation is 1. The maximum atomic E-state index is 11.4. The zero-order valence-corrected chi connectivity index (χ0v) is 11.5. The molecular formula is C13H21NO2S. The minimum Gasteiger partial charge on any atom is -0.462 e. The van der Waals surface area contributed by atoms with Gasteiger partial charge in [0.2, 0.25) is 0 Å². The lowest BCUT2D eigenvalue weighted by Crippen LogP contribution is -2.01. The first kappa shape index (κ1) is 14.2. The fourth-order valence-corrected chi connectivity index (χ4v) is 2.46. The molecular weight excluding hydrogens is 234 g/mol. The van der Waals surface area contributed by atoms with Crippen molar-refractivity contribution >= 4 is 17.3 Å². The molecule has 0 N–H and O–H groups in total. The van der Waals surface area contributed by atoms with Crippen LogP contribution in [0.25, 0.3) is 0 Å². The molecule has 1 rings (SSSR count). The first-order valence-electron chi connectivity index (χ1n) is 6.39. The SMILES string of the molecule is CCCCCCCc1ncc(C(=O)OCC)s1. The van der Waals surface area contributed by atoms with Gasteiger partial charge < -0.3 is 4.74 Å². The Bertz CT molecular complexity index is 336. The van der Waals surface area contributed by atoms with Crippen LogP contribution >= 0.6 is 11.3 Å². The van der Waals surface area contributed by atoms with Crippen molar-refractivity contribution in [1.82, 2.24) is 4.98 Å². The van der Waals surface area contributed by atoms with Crippen LogP contribution in [-0.2, 0) is 11.2 Å². The van der Waals surface area contributed by atoms with E-state index in [1.54, 1.807) is 6.20 Å². The number of carbonyl (C=O) groups is 1. The van der Waals surface area contributed by atoms with Gasteiger partial charge in [0.25, 0.3) is 0 Å². The average Bonchev–Trinajstić information content (AvgIpc) is 2.78. The zero-order chi connectivity index (χ0) is 12.5. The number of carbonyl (C=O) groups excluding carboxylic acids is 1. The van der Waals surface area contributed by atoms with Crippen molar-refractivity contribution in [2.45, 2.75) is 52.4 Å². The van der Waals surface area contributed by atoms with Crippen LogP contribution in [0.1, 0.15) is 60.6 Å². The molecule has 3 nitrogen and oxygen atoms in total. The second kappa shape index (κ2) is 8.23. The maximum Gasteiger partial charge on any atom is 0.349 e. The van der Waals surface area contributed by atoms with Gasteiger partial charge >= 0.3 is 5.97 Å². The highest BCUT2D eigenvalue weighted by molar-refractivity contribution is 7.13. The smallest absolute Gasteiger partial charge is 0.349 e. The maximum absolute atomic E-state index is 11.4. The molecule has 0 aliphatic heterocycles.